The number of fused-ring (bicyclic) bond motifs is 2. The van der Waals surface area contributed by atoms with Crippen LogP contribution in [0.3, 0.4) is 0 Å². The maximum absolute atomic E-state index is 4.67. The summed E-state index contributed by atoms with van der Waals surface area (Å²) in [4.78, 5) is 14.9. The number of allylic oxidation sites excluding steroid dienone is 2. The van der Waals surface area contributed by atoms with E-state index in [-0.39, 0.29) is 0 Å². The van der Waals surface area contributed by atoms with Crippen molar-refractivity contribution in [3.63, 3.8) is 0 Å². The Morgan fingerprint density at radius 1 is 0.974 bits per heavy atom. The molecule has 0 aliphatic carbocycles. The van der Waals surface area contributed by atoms with Gasteiger partial charge in [-0.1, -0.05) is 33.1 Å². The predicted octanol–water partition coefficient (Wildman–Crippen LogP) is 8.51. The van der Waals surface area contributed by atoms with Gasteiger partial charge in [0.2, 0.25) is 0 Å². The summed E-state index contributed by atoms with van der Waals surface area (Å²) in [6.07, 6.45) is 5.55. The van der Waals surface area contributed by atoms with E-state index in [0.717, 1.165) is 67.0 Å². The molecule has 7 heteroatoms. The van der Waals surface area contributed by atoms with Gasteiger partial charge in [-0.15, -0.1) is 11.3 Å². The highest BCUT2D eigenvalue weighted by Crippen LogP contribution is 2.38. The third-order valence-corrected chi connectivity index (χ3v) is 8.00. The van der Waals surface area contributed by atoms with Gasteiger partial charge in [0.1, 0.15) is 11.3 Å². The molecular weight excluding hydrogens is 488 g/mol. The molecule has 0 unspecified atom stereocenters. The molecule has 0 fully saturated rings. The zero-order valence-electron chi connectivity index (χ0n) is 21.6. The van der Waals surface area contributed by atoms with E-state index in [0.29, 0.717) is 5.92 Å². The maximum atomic E-state index is 4.67. The van der Waals surface area contributed by atoms with Crippen molar-refractivity contribution in [3.05, 3.63) is 90.9 Å². The number of rotatable bonds is 7. The van der Waals surface area contributed by atoms with Crippen molar-refractivity contribution in [3.8, 4) is 33.0 Å². The predicted molar refractivity (Wildman–Crippen MR) is 160 cm³/mol. The van der Waals surface area contributed by atoms with Gasteiger partial charge in [0.15, 0.2) is 0 Å². The normalized spacial score (nSPS) is 11.5. The van der Waals surface area contributed by atoms with Crippen molar-refractivity contribution >= 4 is 44.5 Å². The minimum absolute atomic E-state index is 0.336. The summed E-state index contributed by atoms with van der Waals surface area (Å²) in [5.41, 5.74) is 9.76. The van der Waals surface area contributed by atoms with Crippen LogP contribution in [0.4, 0.5) is 5.69 Å². The zero-order valence-corrected chi connectivity index (χ0v) is 22.4. The van der Waals surface area contributed by atoms with Crippen LogP contribution in [0, 0.1) is 5.92 Å². The Hall–Kier alpha value is -4.49. The highest BCUT2D eigenvalue weighted by atomic mass is 32.1. The van der Waals surface area contributed by atoms with E-state index in [1.165, 1.54) is 9.75 Å². The van der Waals surface area contributed by atoms with Crippen LogP contribution in [0.1, 0.15) is 25.6 Å². The Balaban J connectivity index is 1.40. The summed E-state index contributed by atoms with van der Waals surface area (Å²) in [6, 6.07) is 16.9. The molecule has 0 saturated carbocycles. The minimum atomic E-state index is 0.336. The van der Waals surface area contributed by atoms with Crippen molar-refractivity contribution in [2.45, 2.75) is 20.8 Å². The molecule has 1 aromatic carbocycles. The van der Waals surface area contributed by atoms with Crippen molar-refractivity contribution in [1.82, 2.24) is 25.1 Å². The summed E-state index contributed by atoms with van der Waals surface area (Å²) in [6.45, 7) is 14.5. The first kappa shape index (κ1) is 23.9. The van der Waals surface area contributed by atoms with E-state index < -0.39 is 0 Å². The largest absolute Gasteiger partial charge is 0.358 e. The summed E-state index contributed by atoms with van der Waals surface area (Å²) in [5, 5.41) is 13.3. The number of hydrogen-bond acceptors (Lipinski definition) is 5. The molecule has 0 bridgehead atoms. The lowest BCUT2D eigenvalue weighted by Gasteiger charge is -2.13. The maximum Gasteiger partial charge on any atom is 0.138 e. The molecule has 0 atom stereocenters. The van der Waals surface area contributed by atoms with E-state index in [1.54, 1.807) is 11.3 Å². The summed E-state index contributed by atoms with van der Waals surface area (Å²) >= 11 is 1.74. The highest BCUT2D eigenvalue weighted by Gasteiger charge is 2.16. The first-order valence-electron chi connectivity index (χ1n) is 12.5. The molecule has 6 rings (SSSR count). The van der Waals surface area contributed by atoms with Crippen LogP contribution in [0.25, 0.3) is 60.5 Å². The van der Waals surface area contributed by atoms with Gasteiger partial charge in [0, 0.05) is 49.7 Å². The van der Waals surface area contributed by atoms with Gasteiger partial charge in [0.25, 0.3) is 0 Å². The quantitative estimate of drug-likeness (QED) is 0.199. The van der Waals surface area contributed by atoms with Crippen LogP contribution in [-0.4, -0.2) is 25.1 Å². The number of anilines is 1. The van der Waals surface area contributed by atoms with Gasteiger partial charge in [0.05, 0.1) is 23.1 Å². The monoisotopic (exact) mass is 516 g/mol. The molecule has 0 aliphatic heterocycles. The lowest BCUT2D eigenvalue weighted by molar-refractivity contribution is 0.778. The third-order valence-electron chi connectivity index (χ3n) is 6.72. The van der Waals surface area contributed by atoms with Crippen LogP contribution in [0.5, 0.6) is 0 Å². The molecule has 6 aromatic rings. The van der Waals surface area contributed by atoms with Crippen LogP contribution < -0.4 is 5.32 Å². The molecule has 0 saturated heterocycles. The van der Waals surface area contributed by atoms with Gasteiger partial charge in [-0.05, 0) is 66.4 Å². The van der Waals surface area contributed by atoms with Crippen molar-refractivity contribution in [1.29, 1.82) is 0 Å². The Bertz CT molecular complexity index is 1830. The number of aromatic amines is 2. The van der Waals surface area contributed by atoms with Gasteiger partial charge in [-0.3, -0.25) is 10.1 Å². The Kier molecular flexibility index (Phi) is 5.93. The van der Waals surface area contributed by atoms with Gasteiger partial charge in [-0.2, -0.15) is 5.10 Å². The molecule has 5 heterocycles. The third kappa shape index (κ3) is 4.31. The van der Waals surface area contributed by atoms with E-state index in [4.69, 9.17) is 0 Å². The van der Waals surface area contributed by atoms with E-state index in [1.807, 2.05) is 25.5 Å². The standard InChI is InChI=1S/C31H28N6S/c1-17(2)19(5)34-22-12-21(15-32-16-22)20-6-7-26-25(13-20)30(37-36-26)27-14-24-23(10-11-33-31(24)35-27)29-9-8-28(38-29)18(3)4/h6-17,34H,3,5H2,1-2,4H3,(H,33,35)(H,36,37). The Morgan fingerprint density at radius 2 is 1.84 bits per heavy atom. The average Bonchev–Trinajstić information content (AvgIpc) is 3.66. The average molecular weight is 517 g/mol. The lowest BCUT2D eigenvalue weighted by Crippen LogP contribution is -2.04. The van der Waals surface area contributed by atoms with Crippen LogP contribution in [0.2, 0.25) is 0 Å². The molecule has 0 amide bonds. The minimum Gasteiger partial charge on any atom is -0.358 e. The number of benzene rings is 1. The zero-order chi connectivity index (χ0) is 26.4. The van der Waals surface area contributed by atoms with Gasteiger partial charge < -0.3 is 10.3 Å². The Labute approximate surface area is 225 Å². The van der Waals surface area contributed by atoms with Crippen LogP contribution in [0.15, 0.2) is 86.0 Å². The molecule has 0 spiro atoms. The number of thiophene rings is 1. The highest BCUT2D eigenvalue weighted by molar-refractivity contribution is 7.16. The van der Waals surface area contributed by atoms with Gasteiger partial charge >= 0.3 is 0 Å². The fraction of sp³-hybridized carbons (Fsp3) is 0.129. The molecule has 3 N–H and O–H groups in total. The molecule has 6 nitrogen and oxygen atoms in total. The second-order valence-electron chi connectivity index (χ2n) is 9.85. The second kappa shape index (κ2) is 9.43. The van der Waals surface area contributed by atoms with Crippen molar-refractivity contribution in [2.75, 3.05) is 5.32 Å². The van der Waals surface area contributed by atoms with Crippen molar-refractivity contribution < 1.29 is 0 Å². The summed E-state index contributed by atoms with van der Waals surface area (Å²) in [5.74, 6) is 0.336. The smallest absolute Gasteiger partial charge is 0.138 e. The molecule has 0 aliphatic rings. The molecule has 38 heavy (non-hydrogen) atoms. The van der Waals surface area contributed by atoms with E-state index >= 15 is 0 Å². The molecule has 188 valence electrons. The summed E-state index contributed by atoms with van der Waals surface area (Å²) < 4.78 is 0. The topological polar surface area (TPSA) is 82.3 Å². The SMILES string of the molecule is C=C(C)c1ccc(-c2ccnc3[nH]c(-c4n[nH]c5ccc(-c6cncc(NC(=C)C(C)C)c6)cc45)cc23)s1. The second-order valence-corrected chi connectivity index (χ2v) is 10.9. The van der Waals surface area contributed by atoms with E-state index in [2.05, 4.69) is 106 Å². The number of aromatic nitrogens is 5. The molecular formula is C31H28N6S. The first-order valence-corrected chi connectivity index (χ1v) is 13.3. The fourth-order valence-electron chi connectivity index (χ4n) is 4.48. The van der Waals surface area contributed by atoms with Crippen LogP contribution in [-0.2, 0) is 0 Å². The number of nitrogens with one attached hydrogen (secondary N) is 3. The molecule has 5 aromatic heterocycles. The van der Waals surface area contributed by atoms with Crippen LogP contribution >= 0.6 is 11.3 Å². The van der Waals surface area contributed by atoms with Crippen molar-refractivity contribution in [2.24, 2.45) is 5.92 Å². The summed E-state index contributed by atoms with van der Waals surface area (Å²) in [7, 11) is 0. The number of H-pyrrole nitrogens is 2. The molecule has 0 radical (unpaired) electrons. The number of hydrogen-bond donors (Lipinski definition) is 3. The van der Waals surface area contributed by atoms with Gasteiger partial charge in [-0.25, -0.2) is 4.98 Å². The fourth-order valence-corrected chi connectivity index (χ4v) is 5.45. The number of pyridine rings is 2. The lowest BCUT2D eigenvalue weighted by atomic mass is 10.0. The number of nitrogens with zero attached hydrogens (tertiary/aromatic N) is 3. The van der Waals surface area contributed by atoms with E-state index in [9.17, 15) is 0 Å². The first-order chi connectivity index (χ1) is 18.4. The Morgan fingerprint density at radius 3 is 2.63 bits per heavy atom.